The van der Waals surface area contributed by atoms with Crippen LogP contribution >= 0.6 is 0 Å². The molecule has 0 atom stereocenters. The molecule has 0 bridgehead atoms. The minimum Gasteiger partial charge on any atom is -0.484 e. The van der Waals surface area contributed by atoms with E-state index in [4.69, 9.17) is 9.47 Å². The molecule has 0 heterocycles. The van der Waals surface area contributed by atoms with Crippen molar-refractivity contribution in [3.8, 4) is 5.75 Å². The van der Waals surface area contributed by atoms with Gasteiger partial charge in [-0.15, -0.1) is 0 Å². The molecule has 2 aromatic rings. The Balaban J connectivity index is 1.52. The molecule has 1 amide bonds. The Morgan fingerprint density at radius 2 is 1.73 bits per heavy atom. The maximum atomic E-state index is 12.1. The smallest absolute Gasteiger partial charge is 0.338 e. The zero-order valence-electron chi connectivity index (χ0n) is 14.9. The second-order valence-corrected chi connectivity index (χ2v) is 6.27. The van der Waals surface area contributed by atoms with Crippen LogP contribution in [-0.2, 0) is 22.4 Å². The molecule has 5 heteroatoms. The van der Waals surface area contributed by atoms with Crippen LogP contribution in [0.5, 0.6) is 5.75 Å². The number of rotatable bonds is 6. The zero-order valence-corrected chi connectivity index (χ0v) is 14.9. The van der Waals surface area contributed by atoms with Crippen LogP contribution in [-0.4, -0.2) is 25.1 Å². The molecule has 5 nitrogen and oxygen atoms in total. The minimum absolute atomic E-state index is 0.0571. The number of amides is 1. The summed E-state index contributed by atoms with van der Waals surface area (Å²) in [5, 5.41) is 2.76. The molecule has 3 rings (SSSR count). The number of aryl methyl sites for hydroxylation is 2. The lowest BCUT2D eigenvalue weighted by Gasteiger charge is -2.16. The van der Waals surface area contributed by atoms with Gasteiger partial charge in [0.05, 0.1) is 12.2 Å². The molecule has 1 aliphatic carbocycles. The van der Waals surface area contributed by atoms with Gasteiger partial charge in [-0.2, -0.15) is 0 Å². The van der Waals surface area contributed by atoms with Crippen molar-refractivity contribution >= 4 is 17.6 Å². The topological polar surface area (TPSA) is 64.6 Å². The molecular formula is C21H23NO4. The average molecular weight is 353 g/mol. The Bertz CT molecular complexity index is 783. The van der Waals surface area contributed by atoms with Gasteiger partial charge in [0.25, 0.3) is 5.91 Å². The van der Waals surface area contributed by atoms with E-state index in [9.17, 15) is 9.59 Å². The van der Waals surface area contributed by atoms with Crippen LogP contribution < -0.4 is 10.1 Å². The van der Waals surface area contributed by atoms with Crippen LogP contribution in [0.3, 0.4) is 0 Å². The SMILES string of the molecule is CCOC(=O)c1ccc(NC(=O)COc2ccc3c(c2)CCCC3)cc1. The maximum absolute atomic E-state index is 12.1. The van der Waals surface area contributed by atoms with Crippen LogP contribution in [0.2, 0.25) is 0 Å². The first kappa shape index (κ1) is 18.0. The lowest BCUT2D eigenvalue weighted by atomic mass is 9.92. The van der Waals surface area contributed by atoms with Gasteiger partial charge in [0.1, 0.15) is 5.75 Å². The summed E-state index contributed by atoms with van der Waals surface area (Å²) in [5.41, 5.74) is 3.77. The monoisotopic (exact) mass is 353 g/mol. The van der Waals surface area contributed by atoms with Crippen LogP contribution in [0.4, 0.5) is 5.69 Å². The Kier molecular flexibility index (Phi) is 5.89. The van der Waals surface area contributed by atoms with Gasteiger partial charge < -0.3 is 14.8 Å². The molecule has 0 radical (unpaired) electrons. The molecule has 0 saturated carbocycles. The predicted octanol–water partition coefficient (Wildman–Crippen LogP) is 3.76. The molecule has 0 unspecified atom stereocenters. The van der Waals surface area contributed by atoms with Gasteiger partial charge in [-0.25, -0.2) is 4.79 Å². The van der Waals surface area contributed by atoms with Crippen molar-refractivity contribution in [2.75, 3.05) is 18.5 Å². The van der Waals surface area contributed by atoms with Crippen molar-refractivity contribution < 1.29 is 19.1 Å². The summed E-state index contributed by atoms with van der Waals surface area (Å²) in [7, 11) is 0. The number of hydrogen-bond donors (Lipinski definition) is 1. The Labute approximate surface area is 153 Å². The van der Waals surface area contributed by atoms with Gasteiger partial charge >= 0.3 is 5.97 Å². The number of benzene rings is 2. The maximum Gasteiger partial charge on any atom is 0.338 e. The number of hydrogen-bond acceptors (Lipinski definition) is 4. The van der Waals surface area contributed by atoms with Crippen molar-refractivity contribution in [1.29, 1.82) is 0 Å². The predicted molar refractivity (Wildman–Crippen MR) is 99.6 cm³/mol. The fourth-order valence-corrected chi connectivity index (χ4v) is 3.05. The van der Waals surface area contributed by atoms with E-state index in [2.05, 4.69) is 11.4 Å². The Morgan fingerprint density at radius 3 is 2.46 bits per heavy atom. The fraction of sp³-hybridized carbons (Fsp3) is 0.333. The fourth-order valence-electron chi connectivity index (χ4n) is 3.05. The summed E-state index contributed by atoms with van der Waals surface area (Å²) in [4.78, 5) is 23.7. The molecule has 0 saturated heterocycles. The van der Waals surface area contributed by atoms with E-state index >= 15 is 0 Å². The number of ether oxygens (including phenoxy) is 2. The second-order valence-electron chi connectivity index (χ2n) is 6.27. The number of carbonyl (C=O) groups excluding carboxylic acids is 2. The molecule has 0 spiro atoms. The van der Waals surface area contributed by atoms with E-state index in [1.54, 1.807) is 31.2 Å². The standard InChI is InChI=1S/C21H23NO4/c1-2-25-21(24)16-7-10-18(11-8-16)22-20(23)14-26-19-12-9-15-5-3-4-6-17(15)13-19/h7-13H,2-6,14H2,1H3,(H,22,23). The molecule has 136 valence electrons. The summed E-state index contributed by atoms with van der Waals surface area (Å²) in [6.45, 7) is 2.03. The van der Waals surface area contributed by atoms with Crippen molar-refractivity contribution in [2.24, 2.45) is 0 Å². The van der Waals surface area contributed by atoms with Crippen LogP contribution in [0.25, 0.3) is 0 Å². The van der Waals surface area contributed by atoms with Gasteiger partial charge in [-0.1, -0.05) is 6.07 Å². The molecule has 2 aromatic carbocycles. The molecule has 0 aromatic heterocycles. The number of anilines is 1. The van der Waals surface area contributed by atoms with Crippen molar-refractivity contribution in [3.63, 3.8) is 0 Å². The first-order chi connectivity index (χ1) is 12.7. The lowest BCUT2D eigenvalue weighted by molar-refractivity contribution is -0.118. The number of nitrogens with one attached hydrogen (secondary N) is 1. The van der Waals surface area contributed by atoms with Crippen molar-refractivity contribution in [1.82, 2.24) is 0 Å². The normalized spacial score (nSPS) is 12.8. The summed E-state index contributed by atoms with van der Waals surface area (Å²) >= 11 is 0. The van der Waals surface area contributed by atoms with Crippen molar-refractivity contribution in [2.45, 2.75) is 32.6 Å². The summed E-state index contributed by atoms with van der Waals surface area (Å²) in [6.07, 6.45) is 4.65. The Hall–Kier alpha value is -2.82. The highest BCUT2D eigenvalue weighted by atomic mass is 16.5. The third-order valence-corrected chi connectivity index (χ3v) is 4.37. The first-order valence-electron chi connectivity index (χ1n) is 8.97. The highest BCUT2D eigenvalue weighted by Gasteiger charge is 2.11. The number of esters is 1. The molecule has 1 N–H and O–H groups in total. The van der Waals surface area contributed by atoms with Gasteiger partial charge in [0.15, 0.2) is 6.61 Å². The number of fused-ring (bicyclic) bond motifs is 1. The quantitative estimate of drug-likeness (QED) is 0.803. The third-order valence-electron chi connectivity index (χ3n) is 4.37. The Morgan fingerprint density at radius 1 is 1.00 bits per heavy atom. The summed E-state index contributed by atoms with van der Waals surface area (Å²) < 4.78 is 10.5. The minimum atomic E-state index is -0.374. The third kappa shape index (κ3) is 4.63. The van der Waals surface area contributed by atoms with E-state index in [0.717, 1.165) is 18.6 Å². The number of carbonyl (C=O) groups is 2. The van der Waals surface area contributed by atoms with Gasteiger partial charge in [0, 0.05) is 5.69 Å². The first-order valence-corrected chi connectivity index (χ1v) is 8.97. The zero-order chi connectivity index (χ0) is 18.4. The van der Waals surface area contributed by atoms with E-state index < -0.39 is 0 Å². The van der Waals surface area contributed by atoms with E-state index in [1.807, 2.05) is 12.1 Å². The second kappa shape index (κ2) is 8.52. The van der Waals surface area contributed by atoms with E-state index in [1.165, 1.54) is 24.0 Å². The van der Waals surface area contributed by atoms with Gasteiger partial charge in [0.2, 0.25) is 0 Å². The van der Waals surface area contributed by atoms with E-state index in [0.29, 0.717) is 17.9 Å². The molecule has 1 aliphatic rings. The highest BCUT2D eigenvalue weighted by molar-refractivity contribution is 5.93. The summed E-state index contributed by atoms with van der Waals surface area (Å²) in [6, 6.07) is 12.6. The highest BCUT2D eigenvalue weighted by Crippen LogP contribution is 2.25. The van der Waals surface area contributed by atoms with E-state index in [-0.39, 0.29) is 18.5 Å². The van der Waals surface area contributed by atoms with Crippen molar-refractivity contribution in [3.05, 3.63) is 59.2 Å². The van der Waals surface area contributed by atoms with Crippen LogP contribution in [0, 0.1) is 0 Å². The lowest BCUT2D eigenvalue weighted by Crippen LogP contribution is -2.20. The molecular weight excluding hydrogens is 330 g/mol. The molecule has 26 heavy (non-hydrogen) atoms. The van der Waals surface area contributed by atoms with Crippen LogP contribution in [0.15, 0.2) is 42.5 Å². The largest absolute Gasteiger partial charge is 0.484 e. The van der Waals surface area contributed by atoms with Crippen LogP contribution in [0.1, 0.15) is 41.3 Å². The summed E-state index contributed by atoms with van der Waals surface area (Å²) in [5.74, 6) is 0.103. The molecule has 0 aliphatic heterocycles. The van der Waals surface area contributed by atoms with Gasteiger partial charge in [-0.05, 0) is 80.1 Å². The van der Waals surface area contributed by atoms with Gasteiger partial charge in [-0.3, -0.25) is 4.79 Å². The molecule has 0 fully saturated rings. The average Bonchev–Trinajstić information content (AvgIpc) is 2.67.